The molecule has 0 bridgehead atoms. The van der Waals surface area contributed by atoms with E-state index in [2.05, 4.69) is 310 Å². The normalized spacial score (nSPS) is 11.3. The molecule has 0 fully saturated rings. The van der Waals surface area contributed by atoms with Crippen molar-refractivity contribution in [2.75, 3.05) is 0 Å². The van der Waals surface area contributed by atoms with Gasteiger partial charge >= 0.3 is 18.9 Å². The molecule has 0 spiro atoms. The monoisotopic (exact) mass is 1350 g/mol. The molecule has 0 atom stereocenters. The Kier molecular flexibility index (Phi) is 16.4. The molecular weight excluding hydrogens is 1240 g/mol. The predicted molar refractivity (Wildman–Crippen MR) is 466 cm³/mol. The standard InChI is InChI=1S/C44H28N4.C38H24N4.C9H7NO.Li.26H2/c1-3-13-29(14-4-1)43-35-19-7-10-20-38(35)45-44(46-43)48-40-22-12-9-18-34(40)37-28-31(24-26-42(37)48)30-23-25-41-36(27-30)33-17-8-11-21-39(33)47(41)32-15-5-2-6-16-32;1-3-9-30-23-32(20-14-25(30)7-1)37-40-36(41-38(42-37)33-21-15-26-8-2-4-10-31(26)24-33)29-18-16-27(17-19-29)34-13-5-11-28-12-6-22-39-35(28)34;11-8-5-1-3-7-4-2-6-10-9(7)8;;;;;;;;;;;;;;;;;;;;;;;;;;;/h1-28H;1-24H;1-6,11H;;26*1H/q;;;+1;;;;;;;;;;;;;;;;;;;;;;;;;;. The van der Waals surface area contributed by atoms with E-state index in [1.54, 1.807) is 18.3 Å². The molecule has 20 rings (SSSR count). The van der Waals surface area contributed by atoms with Crippen molar-refractivity contribution >= 4 is 97.9 Å². The molecule has 6 heterocycles. The molecule has 0 unspecified atom stereocenters. The summed E-state index contributed by atoms with van der Waals surface area (Å²) in [5.74, 6) is 2.65. The maximum Gasteiger partial charge on any atom is 1.00 e. The third kappa shape index (κ3) is 11.7. The van der Waals surface area contributed by atoms with E-state index >= 15 is 0 Å². The van der Waals surface area contributed by atoms with Crippen molar-refractivity contribution in [3.63, 3.8) is 0 Å². The van der Waals surface area contributed by atoms with Crippen molar-refractivity contribution < 1.29 is 66.0 Å². The summed E-state index contributed by atoms with van der Waals surface area (Å²) in [5.41, 5.74) is 17.7. The van der Waals surface area contributed by atoms with Gasteiger partial charge in [0.05, 0.1) is 38.8 Å². The van der Waals surface area contributed by atoms with E-state index in [0.717, 1.165) is 93.8 Å². The van der Waals surface area contributed by atoms with Gasteiger partial charge in [-0.05, 0) is 129 Å². The van der Waals surface area contributed by atoms with Crippen molar-refractivity contribution in [2.45, 2.75) is 0 Å². The summed E-state index contributed by atoms with van der Waals surface area (Å²) in [6, 6.07) is 117. The average Bonchev–Trinajstić information content (AvgIpc) is 1.58. The maximum absolute atomic E-state index is 11.1. The molecule has 1 N–H and O–H groups in total. The van der Waals surface area contributed by atoms with Gasteiger partial charge < -0.3 is 9.67 Å². The first-order valence-electron chi connectivity index (χ1n) is 33.7. The average molecular weight is 1350 g/mol. The Morgan fingerprint density at radius 2 is 0.784 bits per heavy atom. The fraction of sp³-hybridized carbons (Fsp3) is 0. The van der Waals surface area contributed by atoms with Crippen LogP contribution < -0.4 is 29.0 Å². The number of H-pyrrole nitrogens is 1. The quantitative estimate of drug-likeness (QED) is 0.139. The van der Waals surface area contributed by atoms with Crippen molar-refractivity contribution in [1.82, 2.24) is 39.0 Å². The van der Waals surface area contributed by atoms with Crippen LogP contribution in [0.15, 0.2) is 352 Å². The molecule has 14 aromatic carbocycles. The first kappa shape index (κ1) is 62.3. The maximum atomic E-state index is 11.1. The van der Waals surface area contributed by atoms with E-state index in [4.69, 9.17) is 24.9 Å². The number of fused-ring (bicyclic) bond motifs is 11. The van der Waals surface area contributed by atoms with Crippen LogP contribution in [0.25, 0.3) is 177 Å². The van der Waals surface area contributed by atoms with E-state index in [9.17, 15) is 5.11 Å². The zero-order valence-electron chi connectivity index (χ0n) is 55.5. The number of nitrogens with zero attached hydrogens (tertiary/aromatic N) is 8. The Morgan fingerprint density at radius 1 is 0.304 bits per heavy atom. The van der Waals surface area contributed by atoms with Crippen LogP contribution in [-0.4, -0.2) is 39.0 Å². The fourth-order valence-electron chi connectivity index (χ4n) is 14.0. The fourth-order valence-corrected chi connectivity index (χ4v) is 14.0. The number of nitrogens with one attached hydrogen (secondary N) is 1. The Morgan fingerprint density at radius 3 is 1.44 bits per heavy atom. The molecule has 20 aromatic rings. The molecule has 0 radical (unpaired) electrons. The third-order valence-electron chi connectivity index (χ3n) is 18.9. The van der Waals surface area contributed by atoms with Gasteiger partial charge in [-0.3, -0.25) is 9.55 Å². The van der Waals surface area contributed by atoms with Crippen molar-refractivity contribution in [1.29, 1.82) is 0 Å². The number of rotatable bonds is 8. The molecule has 0 aliphatic carbocycles. The summed E-state index contributed by atoms with van der Waals surface area (Å²) in [7, 11) is 0. The zero-order chi connectivity index (χ0) is 67.2. The second kappa shape index (κ2) is 26.9. The third-order valence-corrected chi connectivity index (χ3v) is 18.9. The summed E-state index contributed by atoms with van der Waals surface area (Å²) in [6.45, 7) is 0. The first-order valence-corrected chi connectivity index (χ1v) is 33.7. The van der Waals surface area contributed by atoms with E-state index < -0.39 is 0 Å². The molecular formula is C91H111LiN9O+. The number of hydrogen-bond acceptors (Lipinski definition) is 7. The van der Waals surface area contributed by atoms with Crippen LogP contribution in [-0.2, 0) is 0 Å². The van der Waals surface area contributed by atoms with Crippen LogP contribution in [0.2, 0.25) is 0 Å². The minimum absolute atomic E-state index is 0. The van der Waals surface area contributed by atoms with Crippen LogP contribution in [0, 0.1) is 0 Å². The summed E-state index contributed by atoms with van der Waals surface area (Å²) < 4.78 is 4.57. The first-order chi connectivity index (χ1) is 50.0. The zero-order valence-corrected chi connectivity index (χ0v) is 55.5. The number of para-hydroxylation sites is 6. The van der Waals surface area contributed by atoms with E-state index in [1.165, 1.54) is 54.5 Å². The molecule has 11 heteroatoms. The van der Waals surface area contributed by atoms with Gasteiger partial charge in [-0.1, -0.05) is 249 Å². The van der Waals surface area contributed by atoms with Crippen LogP contribution in [0.1, 0.15) is 37.1 Å². The second-order valence-corrected chi connectivity index (χ2v) is 25.0. The topological polar surface area (TPSA) is 124 Å². The SMILES string of the molecule is [HH].[HH].[HH].[HH].[HH].[HH].[HH].[HH].[HH].[HH].[HH].[HH].[HH].[HH].[HH].[HH].[HH].[HH].[HH].[HH].[HH].[HH].[HH].[HH].[HH].[HH].[Li+].[O-]c1cccc2ccc[nH+]c12.c1ccc(-c2nc(-n3c4ccccc4c4cc(-c5ccc6c(c5)c5ccccc5n6-c5ccccc5)ccc43)nc3ccccc23)cc1.c1ccc2cc(-c3nc(-c4ccc(-c5cccc6cccnc56)cc4)nc(-c4ccc5ccccc5c4)n3)ccc2c1. The van der Waals surface area contributed by atoms with Gasteiger partial charge in [0.1, 0.15) is 0 Å². The van der Waals surface area contributed by atoms with Gasteiger partial charge in [0.15, 0.2) is 23.7 Å². The Balaban J connectivity index is -0.000000204. The van der Waals surface area contributed by atoms with Gasteiger partial charge in [0.25, 0.3) is 0 Å². The number of aromatic amines is 1. The van der Waals surface area contributed by atoms with Crippen LogP contribution in [0.5, 0.6) is 5.75 Å². The van der Waals surface area contributed by atoms with E-state index in [-0.39, 0.29) is 61.7 Å². The minimum Gasteiger partial charge on any atom is -0.868 e. The number of benzene rings is 14. The second-order valence-electron chi connectivity index (χ2n) is 25.0. The van der Waals surface area contributed by atoms with Gasteiger partial charge in [0.2, 0.25) is 11.5 Å². The molecule has 6 aromatic heterocycles. The number of hydrogen-bond donors (Lipinski definition) is 0. The summed E-state index contributed by atoms with van der Waals surface area (Å²) in [6.07, 6.45) is 3.59. The Labute approximate surface area is 637 Å². The summed E-state index contributed by atoms with van der Waals surface area (Å²) >= 11 is 0. The van der Waals surface area contributed by atoms with E-state index in [1.807, 2.05) is 42.6 Å². The van der Waals surface area contributed by atoms with Crippen molar-refractivity contribution in [3.8, 4) is 85.1 Å². The molecule has 10 nitrogen and oxygen atoms in total. The minimum atomic E-state index is 0. The molecule has 0 aliphatic rings. The van der Waals surface area contributed by atoms with Crippen LogP contribution in [0.3, 0.4) is 0 Å². The van der Waals surface area contributed by atoms with Crippen molar-refractivity contribution in [3.05, 3.63) is 352 Å². The Hall–Kier alpha value is -13.2. The van der Waals surface area contributed by atoms with E-state index in [0.29, 0.717) is 28.9 Å². The van der Waals surface area contributed by atoms with Crippen molar-refractivity contribution in [2.24, 2.45) is 0 Å². The van der Waals surface area contributed by atoms with Crippen LogP contribution >= 0.6 is 0 Å². The molecule has 0 aliphatic heterocycles. The van der Waals surface area contributed by atoms with Gasteiger partial charge in [-0.2, -0.15) is 0 Å². The van der Waals surface area contributed by atoms with Crippen LogP contribution in [0.4, 0.5) is 0 Å². The van der Waals surface area contributed by atoms with Gasteiger partial charge in [-0.25, -0.2) is 29.9 Å². The van der Waals surface area contributed by atoms with Gasteiger partial charge in [-0.15, -0.1) is 0 Å². The molecule has 0 saturated carbocycles. The largest absolute Gasteiger partial charge is 1.00 e. The number of aromatic nitrogens is 9. The summed E-state index contributed by atoms with van der Waals surface area (Å²) in [5, 5.41) is 23.8. The molecule has 526 valence electrons. The molecule has 0 saturated heterocycles. The summed E-state index contributed by atoms with van der Waals surface area (Å²) in [4.78, 5) is 32.9. The number of pyridine rings is 2. The smallest absolute Gasteiger partial charge is 0.868 e. The Bertz CT molecular complexity index is 6540. The molecule has 102 heavy (non-hydrogen) atoms. The van der Waals surface area contributed by atoms with Gasteiger partial charge in [0, 0.05) is 121 Å². The molecule has 0 amide bonds. The predicted octanol–water partition coefficient (Wildman–Crippen LogP) is 24.7.